The number of phenols is 1. The lowest BCUT2D eigenvalue weighted by Gasteiger charge is -2.28. The standard InChI is InChI=1S/C14H20BrNO3/c1-2-19-12-8-10(7-11(15)14(12)17)13(16)9-3-5-18-6-4-9/h7-9,13,17H,2-6,16H2,1H3/t13-/m0/s1. The van der Waals surface area contributed by atoms with E-state index in [1.165, 1.54) is 0 Å². The van der Waals surface area contributed by atoms with Crippen LogP contribution in [0.2, 0.25) is 0 Å². The average molecular weight is 330 g/mol. The van der Waals surface area contributed by atoms with Crippen LogP contribution in [0.25, 0.3) is 0 Å². The topological polar surface area (TPSA) is 64.7 Å². The minimum Gasteiger partial charge on any atom is -0.503 e. The summed E-state index contributed by atoms with van der Waals surface area (Å²) in [6, 6.07) is 3.65. The molecule has 0 saturated carbocycles. The summed E-state index contributed by atoms with van der Waals surface area (Å²) in [6.07, 6.45) is 1.95. The van der Waals surface area contributed by atoms with Gasteiger partial charge in [0.25, 0.3) is 0 Å². The number of phenolic OH excluding ortho intramolecular Hbond substituents is 1. The first-order valence-corrected chi connectivity index (χ1v) is 7.41. The van der Waals surface area contributed by atoms with Crippen LogP contribution in [0.5, 0.6) is 11.5 Å². The van der Waals surface area contributed by atoms with Crippen LogP contribution in [-0.4, -0.2) is 24.9 Å². The van der Waals surface area contributed by atoms with Crippen molar-refractivity contribution in [3.05, 3.63) is 22.2 Å². The van der Waals surface area contributed by atoms with Gasteiger partial charge in [-0.05, 0) is 59.3 Å². The SMILES string of the molecule is CCOc1cc([C@@H](N)C2CCOCC2)cc(Br)c1O. The highest BCUT2D eigenvalue weighted by atomic mass is 79.9. The fraction of sp³-hybridized carbons (Fsp3) is 0.571. The van der Waals surface area contributed by atoms with Gasteiger partial charge in [0.2, 0.25) is 0 Å². The van der Waals surface area contributed by atoms with E-state index < -0.39 is 0 Å². The van der Waals surface area contributed by atoms with Crippen molar-refractivity contribution in [1.82, 2.24) is 0 Å². The molecule has 0 aromatic heterocycles. The van der Waals surface area contributed by atoms with Crippen molar-refractivity contribution < 1.29 is 14.6 Å². The monoisotopic (exact) mass is 329 g/mol. The van der Waals surface area contributed by atoms with E-state index in [2.05, 4.69) is 15.9 Å². The van der Waals surface area contributed by atoms with E-state index in [-0.39, 0.29) is 11.8 Å². The molecule has 0 radical (unpaired) electrons. The van der Waals surface area contributed by atoms with Crippen molar-refractivity contribution in [2.45, 2.75) is 25.8 Å². The lowest BCUT2D eigenvalue weighted by molar-refractivity contribution is 0.0583. The van der Waals surface area contributed by atoms with E-state index in [4.69, 9.17) is 15.2 Å². The van der Waals surface area contributed by atoms with Gasteiger partial charge in [0.1, 0.15) is 0 Å². The Morgan fingerprint density at radius 3 is 2.79 bits per heavy atom. The molecule has 1 saturated heterocycles. The Hall–Kier alpha value is -0.780. The first kappa shape index (κ1) is 14.6. The number of ether oxygens (including phenoxy) is 2. The Labute approximate surface area is 122 Å². The van der Waals surface area contributed by atoms with E-state index in [0.29, 0.717) is 22.7 Å². The summed E-state index contributed by atoms with van der Waals surface area (Å²) in [5.41, 5.74) is 7.33. The molecule has 106 valence electrons. The summed E-state index contributed by atoms with van der Waals surface area (Å²) in [6.45, 7) is 3.94. The second-order valence-electron chi connectivity index (χ2n) is 4.76. The van der Waals surface area contributed by atoms with Crippen molar-refractivity contribution in [2.24, 2.45) is 11.7 Å². The fourth-order valence-corrected chi connectivity index (χ4v) is 2.86. The maximum Gasteiger partial charge on any atom is 0.172 e. The van der Waals surface area contributed by atoms with Crippen molar-refractivity contribution >= 4 is 15.9 Å². The van der Waals surface area contributed by atoms with E-state index in [0.717, 1.165) is 31.6 Å². The maximum atomic E-state index is 9.91. The molecule has 0 unspecified atom stereocenters. The van der Waals surface area contributed by atoms with Crippen LogP contribution in [0.1, 0.15) is 31.4 Å². The quantitative estimate of drug-likeness (QED) is 0.891. The van der Waals surface area contributed by atoms with Crippen molar-refractivity contribution in [2.75, 3.05) is 19.8 Å². The lowest BCUT2D eigenvalue weighted by Crippen LogP contribution is -2.27. The highest BCUT2D eigenvalue weighted by Crippen LogP contribution is 2.39. The molecule has 1 atom stereocenters. The minimum absolute atomic E-state index is 0.0555. The van der Waals surface area contributed by atoms with Crippen molar-refractivity contribution in [3.63, 3.8) is 0 Å². The predicted octanol–water partition coefficient (Wildman–Crippen LogP) is 2.98. The number of benzene rings is 1. The molecule has 3 N–H and O–H groups in total. The largest absolute Gasteiger partial charge is 0.503 e. The Morgan fingerprint density at radius 2 is 2.16 bits per heavy atom. The summed E-state index contributed by atoms with van der Waals surface area (Å²) in [4.78, 5) is 0. The molecule has 1 aliphatic heterocycles. The molecule has 1 aromatic rings. The molecule has 0 amide bonds. The van der Waals surface area contributed by atoms with E-state index >= 15 is 0 Å². The normalized spacial score (nSPS) is 18.3. The molecule has 5 heteroatoms. The zero-order valence-corrected chi connectivity index (χ0v) is 12.6. The highest BCUT2D eigenvalue weighted by Gasteiger charge is 2.24. The van der Waals surface area contributed by atoms with Crippen LogP contribution in [0, 0.1) is 5.92 Å². The molecular formula is C14H20BrNO3. The van der Waals surface area contributed by atoms with E-state index in [1.54, 1.807) is 0 Å². The van der Waals surface area contributed by atoms with Crippen LogP contribution in [-0.2, 0) is 4.74 Å². The van der Waals surface area contributed by atoms with Gasteiger partial charge < -0.3 is 20.3 Å². The van der Waals surface area contributed by atoms with Gasteiger partial charge in [0, 0.05) is 19.3 Å². The third-order valence-corrected chi connectivity index (χ3v) is 4.11. The minimum atomic E-state index is -0.0555. The summed E-state index contributed by atoms with van der Waals surface area (Å²) >= 11 is 3.35. The van der Waals surface area contributed by atoms with Gasteiger partial charge in [-0.3, -0.25) is 0 Å². The molecule has 0 bridgehead atoms. The number of halogens is 1. The molecule has 1 aromatic carbocycles. The van der Waals surface area contributed by atoms with Crippen molar-refractivity contribution in [3.8, 4) is 11.5 Å². The number of hydrogen-bond acceptors (Lipinski definition) is 4. The Kier molecular flexibility index (Phi) is 5.07. The molecule has 1 fully saturated rings. The van der Waals surface area contributed by atoms with Gasteiger partial charge in [-0.25, -0.2) is 0 Å². The summed E-state index contributed by atoms with van der Waals surface area (Å²) in [5, 5.41) is 9.91. The van der Waals surface area contributed by atoms with E-state index in [1.807, 2.05) is 19.1 Å². The Bertz CT molecular complexity index is 433. The molecule has 1 aliphatic rings. The molecule has 0 aliphatic carbocycles. The van der Waals surface area contributed by atoms with Crippen LogP contribution in [0.3, 0.4) is 0 Å². The molecule has 4 nitrogen and oxygen atoms in total. The zero-order chi connectivity index (χ0) is 13.8. The smallest absolute Gasteiger partial charge is 0.172 e. The molecule has 19 heavy (non-hydrogen) atoms. The van der Waals surface area contributed by atoms with Gasteiger partial charge in [-0.2, -0.15) is 0 Å². The number of aromatic hydroxyl groups is 1. The molecule has 1 heterocycles. The van der Waals surface area contributed by atoms with Crippen LogP contribution >= 0.6 is 15.9 Å². The maximum absolute atomic E-state index is 9.91. The lowest BCUT2D eigenvalue weighted by atomic mass is 9.87. The van der Waals surface area contributed by atoms with Crippen LogP contribution in [0.15, 0.2) is 16.6 Å². The summed E-state index contributed by atoms with van der Waals surface area (Å²) in [7, 11) is 0. The Morgan fingerprint density at radius 1 is 1.47 bits per heavy atom. The van der Waals surface area contributed by atoms with Gasteiger partial charge in [0.05, 0.1) is 11.1 Å². The number of rotatable bonds is 4. The first-order valence-electron chi connectivity index (χ1n) is 6.62. The predicted molar refractivity (Wildman–Crippen MR) is 77.4 cm³/mol. The average Bonchev–Trinajstić information content (AvgIpc) is 2.44. The molecule has 0 spiro atoms. The van der Waals surface area contributed by atoms with Gasteiger partial charge in [-0.1, -0.05) is 0 Å². The second kappa shape index (κ2) is 6.59. The summed E-state index contributed by atoms with van der Waals surface area (Å²) < 4.78 is 11.4. The highest BCUT2D eigenvalue weighted by molar-refractivity contribution is 9.10. The third-order valence-electron chi connectivity index (χ3n) is 3.51. The van der Waals surface area contributed by atoms with Gasteiger partial charge >= 0.3 is 0 Å². The second-order valence-corrected chi connectivity index (χ2v) is 5.61. The van der Waals surface area contributed by atoms with Gasteiger partial charge in [-0.15, -0.1) is 0 Å². The van der Waals surface area contributed by atoms with Gasteiger partial charge in [0.15, 0.2) is 11.5 Å². The molecule has 2 rings (SSSR count). The Balaban J connectivity index is 2.23. The first-order chi connectivity index (χ1) is 9.13. The zero-order valence-electron chi connectivity index (χ0n) is 11.1. The number of hydrogen-bond donors (Lipinski definition) is 2. The van der Waals surface area contributed by atoms with Crippen LogP contribution < -0.4 is 10.5 Å². The van der Waals surface area contributed by atoms with E-state index in [9.17, 15) is 5.11 Å². The summed E-state index contributed by atoms with van der Waals surface area (Å²) in [5.74, 6) is 1.03. The number of nitrogens with two attached hydrogens (primary N) is 1. The molecular weight excluding hydrogens is 310 g/mol. The fourth-order valence-electron chi connectivity index (χ4n) is 2.40. The van der Waals surface area contributed by atoms with Crippen LogP contribution in [0.4, 0.5) is 0 Å². The van der Waals surface area contributed by atoms with Crippen molar-refractivity contribution in [1.29, 1.82) is 0 Å². The third kappa shape index (κ3) is 3.41.